The van der Waals surface area contributed by atoms with Gasteiger partial charge in [0.25, 0.3) is 0 Å². The maximum Gasteiger partial charge on any atom is 0.339 e. The quantitative estimate of drug-likeness (QED) is 0.562. The molecule has 3 rings (SSSR count). The third-order valence-corrected chi connectivity index (χ3v) is 5.32. The average Bonchev–Trinajstić information content (AvgIpc) is 2.94. The van der Waals surface area contributed by atoms with Gasteiger partial charge in [-0.1, -0.05) is 40.6 Å². The highest BCUT2D eigenvalue weighted by Crippen LogP contribution is 2.29. The Kier molecular flexibility index (Phi) is 4.93. The van der Waals surface area contributed by atoms with Crippen molar-refractivity contribution in [3.8, 4) is 11.3 Å². The molecule has 0 atom stereocenters. The van der Waals surface area contributed by atoms with E-state index in [-0.39, 0.29) is 0 Å². The molecular weight excluding hydrogens is 336 g/mol. The van der Waals surface area contributed by atoms with Crippen molar-refractivity contribution in [3.63, 3.8) is 0 Å². The number of anilines is 2. The summed E-state index contributed by atoms with van der Waals surface area (Å²) in [4.78, 5) is 0. The number of hydrogen-bond acceptors (Lipinski definition) is 2. The minimum atomic E-state index is 0.765. The SMILES string of the molecule is CC[n+]1c(-c2ccc(Cl)cc2)csc1Nc1c(C)cc(C)cc1C. The van der Waals surface area contributed by atoms with E-state index in [0.29, 0.717) is 0 Å². The lowest BCUT2D eigenvalue weighted by Gasteiger charge is -2.09. The Bertz CT molecular complexity index is 843. The average molecular weight is 358 g/mol. The minimum absolute atomic E-state index is 0.765. The second-order valence-corrected chi connectivity index (χ2v) is 7.37. The van der Waals surface area contributed by atoms with Crippen LogP contribution in [0.15, 0.2) is 41.8 Å². The lowest BCUT2D eigenvalue weighted by atomic mass is 10.1. The second-order valence-electron chi connectivity index (χ2n) is 6.08. The maximum absolute atomic E-state index is 6.02. The summed E-state index contributed by atoms with van der Waals surface area (Å²) in [6.07, 6.45) is 0. The van der Waals surface area contributed by atoms with Crippen LogP contribution in [0.25, 0.3) is 11.3 Å². The zero-order valence-corrected chi connectivity index (χ0v) is 16.1. The Hall–Kier alpha value is -1.84. The zero-order chi connectivity index (χ0) is 17.3. The van der Waals surface area contributed by atoms with Gasteiger partial charge < -0.3 is 0 Å². The summed E-state index contributed by atoms with van der Waals surface area (Å²) >= 11 is 7.75. The van der Waals surface area contributed by atoms with Crippen molar-refractivity contribution in [1.82, 2.24) is 0 Å². The molecular formula is C20H22ClN2S+. The van der Waals surface area contributed by atoms with Gasteiger partial charge in [0.1, 0.15) is 11.4 Å². The van der Waals surface area contributed by atoms with Crippen LogP contribution in [0.4, 0.5) is 10.8 Å². The molecule has 0 fully saturated rings. The van der Waals surface area contributed by atoms with Gasteiger partial charge in [0.15, 0.2) is 0 Å². The predicted octanol–water partition coefficient (Wildman–Crippen LogP) is 6.04. The summed E-state index contributed by atoms with van der Waals surface area (Å²) in [5.41, 5.74) is 7.44. The van der Waals surface area contributed by atoms with E-state index in [2.05, 4.69) is 67.2 Å². The van der Waals surface area contributed by atoms with Gasteiger partial charge >= 0.3 is 5.13 Å². The van der Waals surface area contributed by atoms with Crippen LogP contribution in [0.1, 0.15) is 23.6 Å². The van der Waals surface area contributed by atoms with E-state index in [4.69, 9.17) is 11.6 Å². The summed E-state index contributed by atoms with van der Waals surface area (Å²) in [6, 6.07) is 12.5. The molecule has 0 aliphatic heterocycles. The molecule has 124 valence electrons. The topological polar surface area (TPSA) is 15.9 Å². The molecule has 3 aromatic rings. The number of nitrogens with zero attached hydrogens (tertiary/aromatic N) is 1. The number of hydrogen-bond donors (Lipinski definition) is 1. The van der Waals surface area contributed by atoms with Crippen LogP contribution in [0.2, 0.25) is 5.02 Å². The van der Waals surface area contributed by atoms with E-state index in [1.807, 2.05) is 12.1 Å². The Morgan fingerprint density at radius 2 is 1.67 bits per heavy atom. The van der Waals surface area contributed by atoms with Gasteiger partial charge in [0, 0.05) is 16.0 Å². The molecule has 2 nitrogen and oxygen atoms in total. The van der Waals surface area contributed by atoms with Crippen LogP contribution in [0.5, 0.6) is 0 Å². The fraction of sp³-hybridized carbons (Fsp3) is 0.250. The third-order valence-electron chi connectivity index (χ3n) is 4.18. The predicted molar refractivity (Wildman–Crippen MR) is 105 cm³/mol. The number of aromatic nitrogens is 1. The van der Waals surface area contributed by atoms with Crippen molar-refractivity contribution >= 4 is 33.8 Å². The molecule has 2 aromatic carbocycles. The summed E-state index contributed by atoms with van der Waals surface area (Å²) in [5, 5.41) is 7.76. The highest BCUT2D eigenvalue weighted by molar-refractivity contribution is 7.13. The molecule has 1 aromatic heterocycles. The summed E-state index contributed by atoms with van der Waals surface area (Å²) in [6.45, 7) is 9.54. The van der Waals surface area contributed by atoms with Gasteiger partial charge in [-0.15, -0.1) is 0 Å². The van der Waals surface area contributed by atoms with Gasteiger partial charge in [-0.3, -0.25) is 0 Å². The van der Waals surface area contributed by atoms with Crippen LogP contribution < -0.4 is 9.88 Å². The third kappa shape index (κ3) is 3.33. The molecule has 0 spiro atoms. The van der Waals surface area contributed by atoms with Crippen molar-refractivity contribution < 1.29 is 4.57 Å². The van der Waals surface area contributed by atoms with Crippen molar-refractivity contribution in [1.29, 1.82) is 0 Å². The van der Waals surface area contributed by atoms with Gasteiger partial charge in [0.2, 0.25) is 0 Å². The molecule has 1 N–H and O–H groups in total. The van der Waals surface area contributed by atoms with E-state index < -0.39 is 0 Å². The molecule has 0 amide bonds. The van der Waals surface area contributed by atoms with E-state index in [0.717, 1.165) is 16.7 Å². The standard InChI is InChI=1S/C20H21ClN2S/c1-5-23-18(16-6-8-17(21)9-7-16)12-24-20(23)22-19-14(3)10-13(2)11-15(19)4/h6-12H,5H2,1-4H3/p+1. The van der Waals surface area contributed by atoms with E-state index >= 15 is 0 Å². The second kappa shape index (κ2) is 6.96. The van der Waals surface area contributed by atoms with Gasteiger partial charge in [-0.25, -0.2) is 9.88 Å². The number of aryl methyl sites for hydroxylation is 3. The molecule has 0 bridgehead atoms. The highest BCUT2D eigenvalue weighted by Gasteiger charge is 2.20. The minimum Gasteiger partial charge on any atom is -0.231 e. The summed E-state index contributed by atoms with van der Waals surface area (Å²) < 4.78 is 2.31. The molecule has 0 saturated heterocycles. The largest absolute Gasteiger partial charge is 0.339 e. The van der Waals surface area contributed by atoms with Gasteiger partial charge in [-0.05, 0) is 63.1 Å². The molecule has 0 saturated carbocycles. The molecule has 24 heavy (non-hydrogen) atoms. The van der Waals surface area contributed by atoms with E-state index in [9.17, 15) is 0 Å². The Morgan fingerprint density at radius 3 is 2.25 bits per heavy atom. The number of rotatable bonds is 4. The first-order valence-corrected chi connectivity index (χ1v) is 9.37. The fourth-order valence-electron chi connectivity index (χ4n) is 3.09. The molecule has 0 aliphatic rings. The smallest absolute Gasteiger partial charge is 0.231 e. The van der Waals surface area contributed by atoms with Crippen LogP contribution in [-0.4, -0.2) is 0 Å². The van der Waals surface area contributed by atoms with Gasteiger partial charge in [0.05, 0.1) is 6.54 Å². The Labute approximate surface area is 152 Å². The van der Waals surface area contributed by atoms with Crippen molar-refractivity contribution in [3.05, 3.63) is 63.5 Å². The normalized spacial score (nSPS) is 10.9. The monoisotopic (exact) mass is 357 g/mol. The first-order chi connectivity index (χ1) is 11.5. The Morgan fingerprint density at radius 1 is 1.04 bits per heavy atom. The number of thiazole rings is 1. The molecule has 1 heterocycles. The fourth-order valence-corrected chi connectivity index (χ4v) is 4.22. The number of benzene rings is 2. The van der Waals surface area contributed by atoms with E-state index in [1.54, 1.807) is 11.3 Å². The first kappa shape index (κ1) is 17.0. The summed E-state index contributed by atoms with van der Waals surface area (Å²) in [5.74, 6) is 0. The lowest BCUT2D eigenvalue weighted by Crippen LogP contribution is -2.35. The van der Waals surface area contributed by atoms with Crippen LogP contribution >= 0.6 is 22.9 Å². The molecule has 0 radical (unpaired) electrons. The first-order valence-electron chi connectivity index (χ1n) is 8.11. The molecule has 4 heteroatoms. The number of nitrogens with one attached hydrogen (secondary N) is 1. The van der Waals surface area contributed by atoms with Crippen molar-refractivity contribution in [2.75, 3.05) is 5.32 Å². The van der Waals surface area contributed by atoms with Crippen molar-refractivity contribution in [2.45, 2.75) is 34.2 Å². The molecule has 0 aliphatic carbocycles. The lowest BCUT2D eigenvalue weighted by molar-refractivity contribution is -0.664. The maximum atomic E-state index is 6.02. The summed E-state index contributed by atoms with van der Waals surface area (Å²) in [7, 11) is 0. The van der Waals surface area contributed by atoms with Gasteiger partial charge in [-0.2, -0.15) is 0 Å². The van der Waals surface area contributed by atoms with Crippen molar-refractivity contribution in [2.24, 2.45) is 0 Å². The van der Waals surface area contributed by atoms with Crippen LogP contribution in [0, 0.1) is 20.8 Å². The zero-order valence-electron chi connectivity index (χ0n) is 14.5. The highest BCUT2D eigenvalue weighted by atomic mass is 35.5. The van der Waals surface area contributed by atoms with Crippen LogP contribution in [-0.2, 0) is 6.54 Å². The molecule has 0 unspecified atom stereocenters. The van der Waals surface area contributed by atoms with Crippen LogP contribution in [0.3, 0.4) is 0 Å². The number of halogens is 1. The Balaban J connectivity index is 2.00. The van der Waals surface area contributed by atoms with E-state index in [1.165, 1.54) is 33.6 Å².